The van der Waals surface area contributed by atoms with Crippen LogP contribution < -0.4 is 5.56 Å². The maximum atomic E-state index is 12.3. The van der Waals surface area contributed by atoms with E-state index < -0.39 is 0 Å². The fourth-order valence-corrected chi connectivity index (χ4v) is 3.21. The van der Waals surface area contributed by atoms with Gasteiger partial charge in [0.15, 0.2) is 0 Å². The fraction of sp³-hybridized carbons (Fsp3) is 0.538. The molecule has 0 unspecified atom stereocenters. The smallest absolute Gasteiger partial charge is 0.262 e. The van der Waals surface area contributed by atoms with Gasteiger partial charge in [0.2, 0.25) is 0 Å². The summed E-state index contributed by atoms with van der Waals surface area (Å²) in [5.74, 6) is 0.912. The summed E-state index contributed by atoms with van der Waals surface area (Å²) in [5.41, 5.74) is 1.19. The van der Waals surface area contributed by atoms with Crippen LogP contribution in [0.25, 0.3) is 10.2 Å². The van der Waals surface area contributed by atoms with E-state index in [1.54, 1.807) is 22.2 Å². The lowest BCUT2D eigenvalue weighted by Crippen LogP contribution is -2.20. The van der Waals surface area contributed by atoms with Gasteiger partial charge in [-0.3, -0.25) is 9.36 Å². The molecular formula is C13H18N2OS2. The Labute approximate surface area is 116 Å². The molecule has 0 radical (unpaired) electrons. The minimum atomic E-state index is 0.104. The van der Waals surface area contributed by atoms with Crippen LogP contribution >= 0.6 is 24.0 Å². The first-order chi connectivity index (χ1) is 8.65. The molecule has 0 saturated heterocycles. The van der Waals surface area contributed by atoms with E-state index in [0.717, 1.165) is 47.3 Å². The third-order valence-corrected chi connectivity index (χ3v) is 4.64. The van der Waals surface area contributed by atoms with Crippen molar-refractivity contribution in [3.05, 3.63) is 27.1 Å². The topological polar surface area (TPSA) is 34.9 Å². The van der Waals surface area contributed by atoms with E-state index in [9.17, 15) is 4.79 Å². The summed E-state index contributed by atoms with van der Waals surface area (Å²) in [4.78, 5) is 18.8. The molecule has 5 heteroatoms. The van der Waals surface area contributed by atoms with Gasteiger partial charge >= 0.3 is 0 Å². The molecule has 0 aliphatic carbocycles. The van der Waals surface area contributed by atoms with Gasteiger partial charge in [-0.15, -0.1) is 11.3 Å². The molecule has 2 aromatic heterocycles. The highest BCUT2D eigenvalue weighted by Gasteiger charge is 2.11. The zero-order valence-electron chi connectivity index (χ0n) is 10.8. The zero-order valence-corrected chi connectivity index (χ0v) is 12.5. The number of aryl methyl sites for hydroxylation is 3. The van der Waals surface area contributed by atoms with Crippen molar-refractivity contribution in [3.8, 4) is 0 Å². The second-order valence-electron chi connectivity index (χ2n) is 4.49. The molecule has 0 saturated carbocycles. The highest BCUT2D eigenvalue weighted by Crippen LogP contribution is 2.25. The van der Waals surface area contributed by atoms with Gasteiger partial charge in [0.05, 0.1) is 11.7 Å². The van der Waals surface area contributed by atoms with Gasteiger partial charge in [0.25, 0.3) is 5.56 Å². The Morgan fingerprint density at radius 1 is 1.33 bits per heavy atom. The Morgan fingerprint density at radius 2 is 2.11 bits per heavy atom. The predicted octanol–water partition coefficient (Wildman–Crippen LogP) is 3.17. The molecule has 0 aliphatic heterocycles. The number of thiophene rings is 1. The molecule has 0 fully saturated rings. The summed E-state index contributed by atoms with van der Waals surface area (Å²) < 4.78 is 1.74. The zero-order chi connectivity index (χ0) is 13.1. The van der Waals surface area contributed by atoms with E-state index in [1.807, 2.05) is 13.8 Å². The van der Waals surface area contributed by atoms with Crippen molar-refractivity contribution in [1.82, 2.24) is 9.55 Å². The second kappa shape index (κ2) is 5.89. The highest BCUT2D eigenvalue weighted by atomic mass is 32.1. The van der Waals surface area contributed by atoms with Gasteiger partial charge in [-0.1, -0.05) is 6.42 Å². The summed E-state index contributed by atoms with van der Waals surface area (Å²) in [6, 6.07) is 0. The summed E-state index contributed by atoms with van der Waals surface area (Å²) in [7, 11) is 0. The highest BCUT2D eigenvalue weighted by molar-refractivity contribution is 7.80. The first kappa shape index (κ1) is 13.6. The minimum absolute atomic E-state index is 0.104. The summed E-state index contributed by atoms with van der Waals surface area (Å²) in [5, 5.41) is 0.800. The monoisotopic (exact) mass is 282 g/mol. The van der Waals surface area contributed by atoms with Crippen molar-refractivity contribution in [2.24, 2.45) is 0 Å². The van der Waals surface area contributed by atoms with E-state index in [0.29, 0.717) is 0 Å². The first-order valence-corrected chi connectivity index (χ1v) is 7.66. The normalized spacial score (nSPS) is 11.3. The van der Waals surface area contributed by atoms with E-state index in [1.165, 1.54) is 4.88 Å². The van der Waals surface area contributed by atoms with Gasteiger partial charge in [-0.25, -0.2) is 4.98 Å². The molecule has 0 spiro atoms. The van der Waals surface area contributed by atoms with Crippen LogP contribution in [0.1, 0.15) is 29.7 Å². The number of rotatable bonds is 5. The van der Waals surface area contributed by atoms with Crippen molar-refractivity contribution >= 4 is 34.2 Å². The number of hydrogen-bond donors (Lipinski definition) is 1. The average Bonchev–Trinajstić information content (AvgIpc) is 2.64. The molecule has 2 aromatic rings. The molecule has 0 bridgehead atoms. The number of aromatic nitrogens is 2. The van der Waals surface area contributed by atoms with Crippen LogP contribution in [-0.2, 0) is 6.54 Å². The number of fused-ring (bicyclic) bond motifs is 1. The van der Waals surface area contributed by atoms with E-state index >= 15 is 0 Å². The molecule has 98 valence electrons. The molecule has 0 aromatic carbocycles. The van der Waals surface area contributed by atoms with Gasteiger partial charge in [-0.2, -0.15) is 12.6 Å². The van der Waals surface area contributed by atoms with Crippen LogP contribution in [-0.4, -0.2) is 15.3 Å². The molecule has 2 heterocycles. The number of nitrogens with zero attached hydrogens (tertiary/aromatic N) is 2. The van der Waals surface area contributed by atoms with Crippen molar-refractivity contribution in [3.63, 3.8) is 0 Å². The molecule has 3 nitrogen and oxygen atoms in total. The largest absolute Gasteiger partial charge is 0.299 e. The fourth-order valence-electron chi connectivity index (χ4n) is 2.00. The Balaban J connectivity index is 2.27. The van der Waals surface area contributed by atoms with Crippen LogP contribution in [0.3, 0.4) is 0 Å². The molecule has 0 atom stereocenters. The summed E-state index contributed by atoms with van der Waals surface area (Å²) >= 11 is 5.79. The number of hydrogen-bond acceptors (Lipinski definition) is 4. The van der Waals surface area contributed by atoms with Gasteiger partial charge in [-0.05, 0) is 38.0 Å². The molecule has 0 aliphatic rings. The van der Waals surface area contributed by atoms with Crippen molar-refractivity contribution in [1.29, 1.82) is 0 Å². The number of thiol groups is 1. The second-order valence-corrected chi connectivity index (χ2v) is 6.14. The van der Waals surface area contributed by atoms with Crippen molar-refractivity contribution in [2.45, 2.75) is 39.7 Å². The van der Waals surface area contributed by atoms with Gasteiger partial charge < -0.3 is 0 Å². The number of unbranched alkanes of at least 4 members (excludes halogenated alkanes) is 2. The maximum Gasteiger partial charge on any atom is 0.262 e. The van der Waals surface area contributed by atoms with Gasteiger partial charge in [0.1, 0.15) is 4.83 Å². The molecule has 18 heavy (non-hydrogen) atoms. The Morgan fingerprint density at radius 3 is 2.83 bits per heavy atom. The lowest BCUT2D eigenvalue weighted by molar-refractivity contribution is 0.586. The molecule has 0 N–H and O–H groups in total. The van der Waals surface area contributed by atoms with E-state index in [-0.39, 0.29) is 5.56 Å². The Hall–Kier alpha value is -0.810. The predicted molar refractivity (Wildman–Crippen MR) is 81.1 cm³/mol. The SMILES string of the molecule is Cc1sc2ncn(CCCCCS)c(=O)c2c1C. The summed E-state index contributed by atoms with van der Waals surface area (Å²) in [6.45, 7) is 4.80. The third kappa shape index (κ3) is 2.62. The third-order valence-electron chi connectivity index (χ3n) is 3.21. The van der Waals surface area contributed by atoms with Crippen molar-refractivity contribution in [2.75, 3.05) is 5.75 Å². The lowest BCUT2D eigenvalue weighted by Gasteiger charge is -2.04. The van der Waals surface area contributed by atoms with E-state index in [2.05, 4.69) is 17.6 Å². The quantitative estimate of drug-likeness (QED) is 0.675. The first-order valence-electron chi connectivity index (χ1n) is 6.21. The average molecular weight is 282 g/mol. The Kier molecular flexibility index (Phi) is 4.45. The van der Waals surface area contributed by atoms with Crippen LogP contribution in [0.5, 0.6) is 0 Å². The molecule has 2 rings (SSSR count). The summed E-state index contributed by atoms with van der Waals surface area (Å²) in [6.07, 6.45) is 4.90. The maximum absolute atomic E-state index is 12.3. The Bertz CT molecular complexity index is 601. The molecule has 0 amide bonds. The van der Waals surface area contributed by atoms with E-state index in [4.69, 9.17) is 0 Å². The van der Waals surface area contributed by atoms with Crippen LogP contribution in [0.2, 0.25) is 0 Å². The minimum Gasteiger partial charge on any atom is -0.299 e. The van der Waals surface area contributed by atoms with Gasteiger partial charge in [0, 0.05) is 11.4 Å². The van der Waals surface area contributed by atoms with Crippen LogP contribution in [0.4, 0.5) is 0 Å². The van der Waals surface area contributed by atoms with Crippen LogP contribution in [0, 0.1) is 13.8 Å². The van der Waals surface area contributed by atoms with Crippen molar-refractivity contribution < 1.29 is 0 Å². The van der Waals surface area contributed by atoms with Crippen LogP contribution in [0.15, 0.2) is 11.1 Å². The lowest BCUT2D eigenvalue weighted by atomic mass is 10.2. The standard InChI is InChI=1S/C13H18N2OS2/c1-9-10(2)18-12-11(9)13(16)15(8-14-12)6-4-3-5-7-17/h8,17H,3-7H2,1-2H3. The molecular weight excluding hydrogens is 264 g/mol.